The van der Waals surface area contributed by atoms with Gasteiger partial charge in [-0.15, -0.1) is 0 Å². The van der Waals surface area contributed by atoms with Gasteiger partial charge in [0.25, 0.3) is 0 Å². The topological polar surface area (TPSA) is 73.3 Å². The van der Waals surface area contributed by atoms with Gasteiger partial charge < -0.3 is 10.8 Å². The Labute approximate surface area is 118 Å². The van der Waals surface area contributed by atoms with Crippen LogP contribution in [0.15, 0.2) is 18.2 Å². The summed E-state index contributed by atoms with van der Waals surface area (Å²) in [5.74, 6) is -0.100. The quantitative estimate of drug-likeness (QED) is 0.580. The molecule has 2 rings (SSSR count). The van der Waals surface area contributed by atoms with Crippen molar-refractivity contribution in [3.63, 3.8) is 0 Å². The van der Waals surface area contributed by atoms with Crippen molar-refractivity contribution in [1.82, 2.24) is 4.90 Å². The molecule has 0 amide bonds. The smallest absolute Gasteiger partial charge is 0.123 e. The van der Waals surface area contributed by atoms with Crippen LogP contribution in [-0.2, 0) is 6.54 Å². The summed E-state index contributed by atoms with van der Waals surface area (Å²) in [6.45, 7) is 4.32. The second kappa shape index (κ2) is 6.33. The van der Waals surface area contributed by atoms with E-state index in [1.807, 2.05) is 6.92 Å². The fraction of sp³-hybridized carbons (Fsp3) is 0.533. The van der Waals surface area contributed by atoms with Gasteiger partial charge in [-0.25, -0.2) is 4.39 Å². The standard InChI is InChI=1S/C15H22FN3O/c1-10(20)11-4-6-19(7-5-11)9-12-2-3-13(16)8-14(12)15(17)18/h2-3,8,10-11,20H,4-7,9H2,1H3,(H3,17,18). The maximum absolute atomic E-state index is 13.2. The van der Waals surface area contributed by atoms with Crippen molar-refractivity contribution in [2.45, 2.75) is 32.4 Å². The summed E-state index contributed by atoms with van der Waals surface area (Å²) < 4.78 is 13.2. The van der Waals surface area contributed by atoms with Crippen LogP contribution in [0.2, 0.25) is 0 Å². The van der Waals surface area contributed by atoms with Gasteiger partial charge in [0.15, 0.2) is 0 Å². The zero-order chi connectivity index (χ0) is 14.7. The number of hydrogen-bond acceptors (Lipinski definition) is 3. The molecule has 4 N–H and O–H groups in total. The molecule has 110 valence electrons. The van der Waals surface area contributed by atoms with Crippen molar-refractivity contribution >= 4 is 5.84 Å². The van der Waals surface area contributed by atoms with Gasteiger partial charge in [0.1, 0.15) is 11.7 Å². The Morgan fingerprint density at radius 1 is 1.50 bits per heavy atom. The molecule has 0 bridgehead atoms. The van der Waals surface area contributed by atoms with E-state index < -0.39 is 0 Å². The summed E-state index contributed by atoms with van der Waals surface area (Å²) in [5.41, 5.74) is 6.87. The number of nitrogens with one attached hydrogen (secondary N) is 1. The Morgan fingerprint density at radius 3 is 2.70 bits per heavy atom. The van der Waals surface area contributed by atoms with Crippen molar-refractivity contribution in [3.8, 4) is 0 Å². The van der Waals surface area contributed by atoms with Crippen LogP contribution in [0.5, 0.6) is 0 Å². The van der Waals surface area contributed by atoms with Crippen LogP contribution in [0, 0.1) is 17.1 Å². The average Bonchev–Trinajstić information content (AvgIpc) is 2.41. The van der Waals surface area contributed by atoms with E-state index in [4.69, 9.17) is 11.1 Å². The fourth-order valence-corrected chi connectivity index (χ4v) is 2.77. The Bertz CT molecular complexity index is 482. The number of rotatable bonds is 4. The first-order chi connectivity index (χ1) is 9.47. The number of amidine groups is 1. The molecule has 4 nitrogen and oxygen atoms in total. The summed E-state index contributed by atoms with van der Waals surface area (Å²) >= 11 is 0. The van der Waals surface area contributed by atoms with E-state index >= 15 is 0 Å². The highest BCUT2D eigenvalue weighted by atomic mass is 19.1. The van der Waals surface area contributed by atoms with E-state index in [0.29, 0.717) is 18.0 Å². The zero-order valence-electron chi connectivity index (χ0n) is 11.8. The van der Waals surface area contributed by atoms with Crippen LogP contribution in [0.4, 0.5) is 4.39 Å². The molecule has 1 fully saturated rings. The third-order valence-corrected chi connectivity index (χ3v) is 4.07. The number of nitrogen functional groups attached to an aromatic ring is 1. The number of benzene rings is 1. The van der Waals surface area contributed by atoms with Crippen LogP contribution in [0.1, 0.15) is 30.9 Å². The minimum atomic E-state index is -0.369. The highest BCUT2D eigenvalue weighted by molar-refractivity contribution is 5.96. The third kappa shape index (κ3) is 3.55. The maximum atomic E-state index is 13.2. The predicted molar refractivity (Wildman–Crippen MR) is 77.1 cm³/mol. The average molecular weight is 279 g/mol. The SMILES string of the molecule is CC(O)C1CCN(Cc2ccc(F)cc2C(=N)N)CC1. The van der Waals surface area contributed by atoms with E-state index in [-0.39, 0.29) is 17.8 Å². The number of aliphatic hydroxyl groups excluding tert-OH is 1. The molecule has 0 aromatic heterocycles. The van der Waals surface area contributed by atoms with Gasteiger partial charge >= 0.3 is 0 Å². The number of nitrogens with two attached hydrogens (primary N) is 1. The molecule has 1 aromatic rings. The first-order valence-corrected chi connectivity index (χ1v) is 7.00. The van der Waals surface area contributed by atoms with E-state index in [9.17, 15) is 9.50 Å². The van der Waals surface area contributed by atoms with Crippen LogP contribution >= 0.6 is 0 Å². The maximum Gasteiger partial charge on any atom is 0.123 e. The highest BCUT2D eigenvalue weighted by Crippen LogP contribution is 2.23. The second-order valence-corrected chi connectivity index (χ2v) is 5.57. The summed E-state index contributed by atoms with van der Waals surface area (Å²) in [5, 5.41) is 17.1. The summed E-state index contributed by atoms with van der Waals surface area (Å²) in [4.78, 5) is 2.26. The van der Waals surface area contributed by atoms with E-state index in [0.717, 1.165) is 31.5 Å². The lowest BCUT2D eigenvalue weighted by molar-refractivity contribution is 0.0695. The molecule has 1 atom stereocenters. The van der Waals surface area contributed by atoms with Gasteiger partial charge in [-0.05, 0) is 56.5 Å². The number of likely N-dealkylation sites (tertiary alicyclic amines) is 1. The van der Waals surface area contributed by atoms with Gasteiger partial charge in [0.05, 0.1) is 6.10 Å². The largest absolute Gasteiger partial charge is 0.393 e. The molecule has 5 heteroatoms. The molecule has 0 spiro atoms. The number of halogens is 1. The van der Waals surface area contributed by atoms with Gasteiger partial charge in [-0.1, -0.05) is 6.07 Å². The second-order valence-electron chi connectivity index (χ2n) is 5.57. The molecule has 1 aliphatic heterocycles. The van der Waals surface area contributed by atoms with Crippen molar-refractivity contribution in [2.75, 3.05) is 13.1 Å². The molecule has 1 aliphatic rings. The molecule has 1 heterocycles. The number of nitrogens with zero attached hydrogens (tertiary/aromatic N) is 1. The number of piperidine rings is 1. The van der Waals surface area contributed by atoms with Gasteiger partial charge in [0.2, 0.25) is 0 Å². The van der Waals surface area contributed by atoms with Gasteiger partial charge in [0, 0.05) is 12.1 Å². The van der Waals surface area contributed by atoms with Gasteiger partial charge in [-0.3, -0.25) is 10.3 Å². The number of hydrogen-bond donors (Lipinski definition) is 3. The predicted octanol–water partition coefficient (Wildman–Crippen LogP) is 1.70. The molecule has 1 unspecified atom stereocenters. The van der Waals surface area contributed by atoms with Crippen molar-refractivity contribution in [1.29, 1.82) is 5.41 Å². The lowest BCUT2D eigenvalue weighted by Crippen LogP contribution is -2.37. The highest BCUT2D eigenvalue weighted by Gasteiger charge is 2.23. The summed E-state index contributed by atoms with van der Waals surface area (Å²) in [7, 11) is 0. The first kappa shape index (κ1) is 14.9. The molecule has 0 saturated carbocycles. The Kier molecular flexibility index (Phi) is 4.73. The molecular weight excluding hydrogens is 257 g/mol. The normalized spacial score (nSPS) is 18.9. The monoisotopic (exact) mass is 279 g/mol. The Morgan fingerprint density at radius 2 is 2.15 bits per heavy atom. The fourth-order valence-electron chi connectivity index (χ4n) is 2.77. The van der Waals surface area contributed by atoms with E-state index in [1.54, 1.807) is 6.07 Å². The van der Waals surface area contributed by atoms with Gasteiger partial charge in [-0.2, -0.15) is 0 Å². The molecule has 1 aromatic carbocycles. The Hall–Kier alpha value is -1.46. The van der Waals surface area contributed by atoms with Crippen LogP contribution in [0.25, 0.3) is 0 Å². The zero-order valence-corrected chi connectivity index (χ0v) is 11.8. The minimum absolute atomic E-state index is 0.0987. The summed E-state index contributed by atoms with van der Waals surface area (Å²) in [6, 6.07) is 4.43. The van der Waals surface area contributed by atoms with Crippen molar-refractivity contribution in [3.05, 3.63) is 35.1 Å². The lowest BCUT2D eigenvalue weighted by atomic mass is 9.92. The molecular formula is C15H22FN3O. The molecule has 20 heavy (non-hydrogen) atoms. The van der Waals surface area contributed by atoms with E-state index in [1.165, 1.54) is 12.1 Å². The molecule has 1 saturated heterocycles. The lowest BCUT2D eigenvalue weighted by Gasteiger charge is -2.33. The van der Waals surface area contributed by atoms with Crippen LogP contribution < -0.4 is 5.73 Å². The Balaban J connectivity index is 2.03. The summed E-state index contributed by atoms with van der Waals surface area (Å²) in [6.07, 6.45) is 1.68. The van der Waals surface area contributed by atoms with Crippen LogP contribution in [-0.4, -0.2) is 35.0 Å². The number of aliphatic hydroxyl groups is 1. The molecule has 0 radical (unpaired) electrons. The van der Waals surface area contributed by atoms with Crippen LogP contribution in [0.3, 0.4) is 0 Å². The first-order valence-electron chi connectivity index (χ1n) is 7.00. The van der Waals surface area contributed by atoms with E-state index in [2.05, 4.69) is 4.90 Å². The third-order valence-electron chi connectivity index (χ3n) is 4.07. The minimum Gasteiger partial charge on any atom is -0.393 e. The molecule has 0 aliphatic carbocycles. The van der Waals surface area contributed by atoms with Crippen molar-refractivity contribution < 1.29 is 9.50 Å². The van der Waals surface area contributed by atoms with Crippen molar-refractivity contribution in [2.24, 2.45) is 11.7 Å².